The molecule has 0 heterocycles. The van der Waals surface area contributed by atoms with Crippen LogP contribution in [0, 0.1) is 0 Å². The summed E-state index contributed by atoms with van der Waals surface area (Å²) < 4.78 is 28.7. The monoisotopic (exact) mass is 303 g/mol. The number of rotatable bonds is 10. The first kappa shape index (κ1) is 17.6. The third-order valence-corrected chi connectivity index (χ3v) is 2.80. The van der Waals surface area contributed by atoms with E-state index in [2.05, 4.69) is 21.1 Å². The lowest BCUT2D eigenvalue weighted by atomic mass is 10.00. The third kappa shape index (κ3) is 7.79. The molecule has 5 nitrogen and oxygen atoms in total. The van der Waals surface area contributed by atoms with Crippen LogP contribution in [-0.2, 0) is 4.84 Å². The Kier molecular flexibility index (Phi) is 7.35. The highest BCUT2D eigenvalue weighted by molar-refractivity contribution is 5.47. The van der Waals surface area contributed by atoms with Crippen molar-refractivity contribution in [1.29, 1.82) is 0 Å². The molecule has 0 aliphatic carbocycles. The lowest BCUT2D eigenvalue weighted by molar-refractivity contribution is -0.0498. The van der Waals surface area contributed by atoms with Crippen molar-refractivity contribution < 1.29 is 18.4 Å². The van der Waals surface area contributed by atoms with Gasteiger partial charge in [0.15, 0.2) is 0 Å². The smallest absolute Gasteiger partial charge is 0.387 e. The number of hydroxylamine groups is 1. The van der Waals surface area contributed by atoms with Gasteiger partial charge in [-0.05, 0) is 38.8 Å². The van der Waals surface area contributed by atoms with Crippen molar-refractivity contribution in [2.75, 3.05) is 19.1 Å². The van der Waals surface area contributed by atoms with Crippen LogP contribution < -0.4 is 21.1 Å². The maximum absolute atomic E-state index is 12.2. The maximum Gasteiger partial charge on any atom is 0.387 e. The summed E-state index contributed by atoms with van der Waals surface area (Å²) in [6.07, 6.45) is 1.77. The van der Waals surface area contributed by atoms with Gasteiger partial charge in [-0.1, -0.05) is 6.07 Å². The summed E-state index contributed by atoms with van der Waals surface area (Å²) in [6.45, 7) is 1.88. The van der Waals surface area contributed by atoms with Gasteiger partial charge in [-0.25, -0.2) is 10.9 Å². The number of nitrogens with one attached hydrogen (secondary N) is 3. The van der Waals surface area contributed by atoms with Gasteiger partial charge in [0.25, 0.3) is 0 Å². The molecule has 0 spiro atoms. The van der Waals surface area contributed by atoms with E-state index in [-0.39, 0.29) is 11.3 Å². The lowest BCUT2D eigenvalue weighted by Gasteiger charge is -2.27. The minimum atomic E-state index is -2.82. The van der Waals surface area contributed by atoms with E-state index >= 15 is 0 Å². The van der Waals surface area contributed by atoms with Crippen molar-refractivity contribution >= 4 is 5.69 Å². The predicted octanol–water partition coefficient (Wildman–Crippen LogP) is 2.91. The zero-order valence-corrected chi connectivity index (χ0v) is 12.6. The zero-order chi connectivity index (χ0) is 15.7. The molecule has 0 aliphatic heterocycles. The van der Waals surface area contributed by atoms with Gasteiger partial charge in [-0.3, -0.25) is 0 Å². The van der Waals surface area contributed by atoms with Crippen LogP contribution in [0.4, 0.5) is 14.5 Å². The second-order valence-electron chi connectivity index (χ2n) is 5.20. The van der Waals surface area contributed by atoms with Crippen LogP contribution in [0.5, 0.6) is 5.75 Å². The Balaban J connectivity index is 2.42. The number of alkyl halides is 2. The second kappa shape index (κ2) is 8.76. The highest BCUT2D eigenvalue weighted by Gasteiger charge is 2.16. The summed E-state index contributed by atoms with van der Waals surface area (Å²) in [5.74, 6) is 0.122. The van der Waals surface area contributed by atoms with E-state index in [1.165, 1.54) is 12.1 Å². The average molecular weight is 303 g/mol. The molecular formula is C14H23F2N3O2. The van der Waals surface area contributed by atoms with E-state index < -0.39 is 6.61 Å². The Bertz CT molecular complexity index is 417. The van der Waals surface area contributed by atoms with Gasteiger partial charge in [0.1, 0.15) is 5.75 Å². The lowest BCUT2D eigenvalue weighted by Crippen LogP contribution is -2.43. The molecule has 0 bridgehead atoms. The Hall–Kier alpha value is -1.44. The van der Waals surface area contributed by atoms with Crippen LogP contribution in [0.15, 0.2) is 24.3 Å². The molecule has 1 aromatic rings. The molecule has 0 aliphatic rings. The standard InChI is InChI=1S/C14H23F2N3O2/c1-14(2,8-5-9-20-17-3)19-18-11-6-4-7-12(10-11)21-13(15)16/h4,6-7,10,13,17-19H,5,8-9H2,1-3H3. The third-order valence-electron chi connectivity index (χ3n) is 2.80. The zero-order valence-electron chi connectivity index (χ0n) is 12.6. The van der Waals surface area contributed by atoms with Crippen molar-refractivity contribution in [2.24, 2.45) is 0 Å². The molecule has 0 saturated carbocycles. The molecule has 1 aromatic carbocycles. The van der Waals surface area contributed by atoms with Crippen LogP contribution in [-0.4, -0.2) is 25.8 Å². The molecule has 3 N–H and O–H groups in total. The summed E-state index contributed by atoms with van der Waals surface area (Å²) in [4.78, 5) is 5.06. The number of anilines is 1. The Labute approximate surface area is 123 Å². The van der Waals surface area contributed by atoms with E-state index in [1.54, 1.807) is 19.2 Å². The molecule has 1 rings (SSSR count). The van der Waals surface area contributed by atoms with Crippen LogP contribution >= 0.6 is 0 Å². The largest absolute Gasteiger partial charge is 0.435 e. The molecular weight excluding hydrogens is 280 g/mol. The Morgan fingerprint density at radius 2 is 2.05 bits per heavy atom. The van der Waals surface area contributed by atoms with Gasteiger partial charge in [0, 0.05) is 18.7 Å². The van der Waals surface area contributed by atoms with Crippen molar-refractivity contribution in [3.63, 3.8) is 0 Å². The van der Waals surface area contributed by atoms with Crippen LogP contribution in [0.25, 0.3) is 0 Å². The summed E-state index contributed by atoms with van der Waals surface area (Å²) in [5, 5.41) is 0. The first-order chi connectivity index (χ1) is 9.93. The molecule has 120 valence electrons. The van der Waals surface area contributed by atoms with Gasteiger partial charge < -0.3 is 15.0 Å². The highest BCUT2D eigenvalue weighted by atomic mass is 19.3. The maximum atomic E-state index is 12.2. The normalized spacial score (nSPS) is 11.7. The number of hydrazine groups is 1. The topological polar surface area (TPSA) is 54.5 Å². The summed E-state index contributed by atoms with van der Waals surface area (Å²) in [5.41, 5.74) is 9.28. The van der Waals surface area contributed by atoms with E-state index in [4.69, 9.17) is 4.84 Å². The van der Waals surface area contributed by atoms with Gasteiger partial charge >= 0.3 is 6.61 Å². The molecule has 0 unspecified atom stereocenters. The molecule has 0 aromatic heterocycles. The summed E-state index contributed by atoms with van der Waals surface area (Å²) in [7, 11) is 1.72. The molecule has 21 heavy (non-hydrogen) atoms. The van der Waals surface area contributed by atoms with Gasteiger partial charge in [-0.15, -0.1) is 0 Å². The van der Waals surface area contributed by atoms with E-state index in [0.29, 0.717) is 12.3 Å². The molecule has 7 heteroatoms. The first-order valence-corrected chi connectivity index (χ1v) is 6.79. The quantitative estimate of drug-likeness (QED) is 0.458. The Morgan fingerprint density at radius 3 is 2.71 bits per heavy atom. The van der Waals surface area contributed by atoms with Crippen molar-refractivity contribution in [2.45, 2.75) is 38.8 Å². The molecule has 0 radical (unpaired) electrons. The second-order valence-corrected chi connectivity index (χ2v) is 5.20. The minimum absolute atomic E-state index is 0.122. The van der Waals surface area contributed by atoms with Gasteiger partial charge in [0.05, 0.1) is 12.3 Å². The van der Waals surface area contributed by atoms with Gasteiger partial charge in [-0.2, -0.15) is 8.78 Å². The SMILES string of the molecule is CNOCCCC(C)(C)NNc1cccc(OC(F)F)c1. The number of halogens is 2. The van der Waals surface area contributed by atoms with Crippen LogP contribution in [0.3, 0.4) is 0 Å². The van der Waals surface area contributed by atoms with E-state index in [1.807, 2.05) is 13.8 Å². The summed E-state index contributed by atoms with van der Waals surface area (Å²) in [6, 6.07) is 6.41. The van der Waals surface area contributed by atoms with Crippen molar-refractivity contribution in [1.82, 2.24) is 10.9 Å². The Morgan fingerprint density at radius 1 is 1.29 bits per heavy atom. The fourth-order valence-corrected chi connectivity index (χ4v) is 1.74. The van der Waals surface area contributed by atoms with Crippen molar-refractivity contribution in [3.05, 3.63) is 24.3 Å². The fraction of sp³-hybridized carbons (Fsp3) is 0.571. The minimum Gasteiger partial charge on any atom is -0.435 e. The van der Waals surface area contributed by atoms with Crippen LogP contribution in [0.2, 0.25) is 0 Å². The number of benzene rings is 1. The number of hydrogen-bond donors (Lipinski definition) is 3. The van der Waals surface area contributed by atoms with E-state index in [9.17, 15) is 8.78 Å². The predicted molar refractivity (Wildman–Crippen MR) is 78.2 cm³/mol. The molecule has 0 atom stereocenters. The number of ether oxygens (including phenoxy) is 1. The fourth-order valence-electron chi connectivity index (χ4n) is 1.74. The summed E-state index contributed by atoms with van der Waals surface area (Å²) >= 11 is 0. The van der Waals surface area contributed by atoms with Crippen LogP contribution in [0.1, 0.15) is 26.7 Å². The van der Waals surface area contributed by atoms with E-state index in [0.717, 1.165) is 12.8 Å². The molecule has 0 saturated heterocycles. The highest BCUT2D eigenvalue weighted by Crippen LogP contribution is 2.19. The molecule has 0 amide bonds. The number of hydrogen-bond acceptors (Lipinski definition) is 5. The van der Waals surface area contributed by atoms with Crippen molar-refractivity contribution in [3.8, 4) is 5.75 Å². The van der Waals surface area contributed by atoms with Gasteiger partial charge in [0.2, 0.25) is 0 Å². The average Bonchev–Trinajstić information content (AvgIpc) is 2.41. The molecule has 0 fully saturated rings. The first-order valence-electron chi connectivity index (χ1n) is 6.79.